The second kappa shape index (κ2) is 8.24. The van der Waals surface area contributed by atoms with Gasteiger partial charge in [-0.15, -0.1) is 0 Å². The number of benzene rings is 1. The minimum Gasteiger partial charge on any atom is -0.465 e. The molecule has 11 heteroatoms. The van der Waals surface area contributed by atoms with Crippen LogP contribution in [0.15, 0.2) is 11.8 Å². The molecule has 2 N–H and O–H groups in total. The Bertz CT molecular complexity index is 765. The van der Waals surface area contributed by atoms with Crippen LogP contribution in [-0.4, -0.2) is 30.3 Å². The van der Waals surface area contributed by atoms with Crippen LogP contribution in [0.2, 0.25) is 0 Å². The van der Waals surface area contributed by atoms with Gasteiger partial charge in [0.05, 0.1) is 12.0 Å². The molecule has 0 amide bonds. The molecule has 0 bridgehead atoms. The van der Waals surface area contributed by atoms with Gasteiger partial charge >= 0.3 is 11.7 Å². The quantitative estimate of drug-likeness (QED) is 0.0875. The van der Waals surface area contributed by atoms with Crippen LogP contribution in [-0.2, 0) is 9.53 Å². The zero-order valence-electron chi connectivity index (χ0n) is 13.4. The summed E-state index contributed by atoms with van der Waals surface area (Å²) in [7, 11) is 0.915. The molecule has 1 rings (SSSR count). The third-order valence-corrected chi connectivity index (χ3v) is 3.07. The van der Waals surface area contributed by atoms with Crippen molar-refractivity contribution in [2.45, 2.75) is 13.8 Å². The lowest BCUT2D eigenvalue weighted by molar-refractivity contribution is -0.388. The number of hydrogen-bond donors (Lipinski definition) is 2. The van der Waals surface area contributed by atoms with Gasteiger partial charge in [0.25, 0.3) is 0 Å². The number of carbonyl (C=O) groups is 2. The number of hydrazine groups is 1. The van der Waals surface area contributed by atoms with Crippen LogP contribution < -0.4 is 10.9 Å². The molecule has 136 valence electrons. The van der Waals surface area contributed by atoms with Crippen LogP contribution in [0.4, 0.5) is 18.9 Å². The molecular weight excluding hydrogens is 347 g/mol. The van der Waals surface area contributed by atoms with Crippen molar-refractivity contribution in [3.8, 4) is 0 Å². The Morgan fingerprint density at radius 3 is 2.32 bits per heavy atom. The van der Waals surface area contributed by atoms with Gasteiger partial charge in [0.15, 0.2) is 5.82 Å². The van der Waals surface area contributed by atoms with Crippen molar-refractivity contribution in [1.29, 1.82) is 0 Å². The number of halogens is 3. The van der Waals surface area contributed by atoms with Crippen LogP contribution in [0.25, 0.3) is 0 Å². The number of hydrogen-bond acceptors (Lipinski definition) is 7. The first kappa shape index (κ1) is 20.1. The molecule has 0 heterocycles. The van der Waals surface area contributed by atoms with E-state index >= 15 is 0 Å². The molecule has 0 fully saturated rings. The molecule has 25 heavy (non-hydrogen) atoms. The first-order valence-electron chi connectivity index (χ1n) is 6.81. The van der Waals surface area contributed by atoms with Gasteiger partial charge in [0.1, 0.15) is 17.0 Å². The van der Waals surface area contributed by atoms with Crippen LogP contribution in [0, 0.1) is 34.5 Å². The number of nitrogens with zero attached hydrogens (tertiary/aromatic N) is 1. The molecular formula is C14H14F3N3O5. The molecule has 0 aliphatic heterocycles. The number of Topliss-reactive ketones (excluding diaryl/α,β-unsaturated/α-hetero) is 1. The van der Waals surface area contributed by atoms with E-state index in [4.69, 9.17) is 0 Å². The highest BCUT2D eigenvalue weighted by Crippen LogP contribution is 2.32. The Morgan fingerprint density at radius 2 is 1.84 bits per heavy atom. The summed E-state index contributed by atoms with van der Waals surface area (Å²) < 4.78 is 46.1. The maximum absolute atomic E-state index is 14.3. The summed E-state index contributed by atoms with van der Waals surface area (Å²) in [6.45, 7) is 2.83. The molecule has 0 aliphatic carbocycles. The van der Waals surface area contributed by atoms with Gasteiger partial charge in [-0.3, -0.25) is 14.9 Å². The Balaban J connectivity index is 3.66. The van der Waals surface area contributed by atoms with E-state index in [0.29, 0.717) is 6.54 Å². The van der Waals surface area contributed by atoms with E-state index in [1.54, 1.807) is 6.92 Å². The number of rotatable bonds is 7. The molecule has 0 aliphatic rings. The monoisotopic (exact) mass is 361 g/mol. The lowest BCUT2D eigenvalue weighted by Gasteiger charge is -2.10. The van der Waals surface area contributed by atoms with Gasteiger partial charge in [-0.2, -0.15) is 4.39 Å². The van der Waals surface area contributed by atoms with Crippen molar-refractivity contribution in [2.75, 3.05) is 13.7 Å². The van der Waals surface area contributed by atoms with Crippen molar-refractivity contribution in [3.05, 3.63) is 50.5 Å². The molecule has 8 nitrogen and oxygen atoms in total. The number of nitro groups is 1. The van der Waals surface area contributed by atoms with Crippen LogP contribution in [0.5, 0.6) is 0 Å². The molecule has 0 radical (unpaired) electrons. The maximum atomic E-state index is 14.3. The third-order valence-electron chi connectivity index (χ3n) is 3.07. The second-order valence-corrected chi connectivity index (χ2v) is 4.60. The van der Waals surface area contributed by atoms with Crippen molar-refractivity contribution >= 4 is 17.4 Å². The molecule has 0 atom stereocenters. The van der Waals surface area contributed by atoms with Crippen molar-refractivity contribution in [2.24, 2.45) is 0 Å². The van der Waals surface area contributed by atoms with Crippen LogP contribution >= 0.6 is 0 Å². The van der Waals surface area contributed by atoms with Gasteiger partial charge in [0.2, 0.25) is 11.6 Å². The predicted octanol–water partition coefficient (Wildman–Crippen LogP) is 1.67. The highest BCUT2D eigenvalue weighted by molar-refractivity contribution is 6.25. The number of nitro benzene ring substituents is 1. The van der Waals surface area contributed by atoms with E-state index in [0.717, 1.165) is 20.2 Å². The van der Waals surface area contributed by atoms with Crippen LogP contribution in [0.1, 0.15) is 22.8 Å². The zero-order valence-corrected chi connectivity index (χ0v) is 13.4. The minimum absolute atomic E-state index is 0.359. The number of ether oxygens (including phenoxy) is 1. The van der Waals surface area contributed by atoms with Gasteiger partial charge in [-0.05, 0) is 6.92 Å². The SMILES string of the molecule is CCNNC=C(C(=O)OC)C(=O)c1c(F)c(C)c(F)c(F)c1[N+](=O)[O-]. The lowest BCUT2D eigenvalue weighted by Crippen LogP contribution is -2.29. The Kier molecular flexibility index (Phi) is 6.62. The van der Waals surface area contributed by atoms with E-state index in [1.165, 1.54) is 0 Å². The lowest BCUT2D eigenvalue weighted by atomic mass is 9.98. The number of carbonyl (C=O) groups excluding carboxylic acids is 2. The van der Waals surface area contributed by atoms with E-state index in [2.05, 4.69) is 15.6 Å². The summed E-state index contributed by atoms with van der Waals surface area (Å²) in [6.07, 6.45) is 0.775. The molecule has 0 aromatic heterocycles. The predicted molar refractivity (Wildman–Crippen MR) is 78.9 cm³/mol. The second-order valence-electron chi connectivity index (χ2n) is 4.60. The molecule has 0 spiro atoms. The molecule has 0 saturated carbocycles. The normalized spacial score (nSPS) is 11.2. The fourth-order valence-corrected chi connectivity index (χ4v) is 1.83. The topological polar surface area (TPSA) is 111 Å². The van der Waals surface area contributed by atoms with E-state index in [-0.39, 0.29) is 0 Å². The summed E-state index contributed by atoms with van der Waals surface area (Å²) in [5.41, 5.74) is -0.0533. The molecule has 1 aromatic rings. The first-order valence-corrected chi connectivity index (χ1v) is 6.81. The van der Waals surface area contributed by atoms with E-state index < -0.39 is 56.5 Å². The van der Waals surface area contributed by atoms with Gasteiger partial charge in [0, 0.05) is 18.3 Å². The largest absolute Gasteiger partial charge is 0.465 e. The Labute approximate surface area is 139 Å². The molecule has 0 unspecified atom stereocenters. The smallest absolute Gasteiger partial charge is 0.343 e. The van der Waals surface area contributed by atoms with Crippen molar-refractivity contribution in [1.82, 2.24) is 10.9 Å². The summed E-state index contributed by atoms with van der Waals surface area (Å²) >= 11 is 0. The highest BCUT2D eigenvalue weighted by Gasteiger charge is 2.37. The maximum Gasteiger partial charge on any atom is 0.343 e. The number of esters is 1. The zero-order chi connectivity index (χ0) is 19.3. The standard InChI is InChI=1S/C14H14F3N3O5/c1-4-18-19-5-7(14(22)25-3)13(21)8-9(15)6(2)10(16)11(17)12(8)20(23)24/h5,18-19H,4H2,1-3H3. The first-order chi connectivity index (χ1) is 11.7. The average molecular weight is 361 g/mol. The van der Waals surface area contributed by atoms with E-state index in [1.807, 2.05) is 0 Å². The summed E-state index contributed by atoms with van der Waals surface area (Å²) in [4.78, 5) is 33.7. The fourth-order valence-electron chi connectivity index (χ4n) is 1.83. The average Bonchev–Trinajstić information content (AvgIpc) is 2.58. The van der Waals surface area contributed by atoms with E-state index in [9.17, 15) is 32.9 Å². The third kappa shape index (κ3) is 3.94. The van der Waals surface area contributed by atoms with Crippen LogP contribution in [0.3, 0.4) is 0 Å². The molecule has 0 saturated heterocycles. The summed E-state index contributed by atoms with van der Waals surface area (Å²) in [5.74, 6) is -8.24. The Morgan fingerprint density at radius 1 is 1.24 bits per heavy atom. The number of ketones is 1. The molecule has 1 aromatic carbocycles. The summed E-state index contributed by atoms with van der Waals surface area (Å²) in [5, 5.41) is 11.0. The van der Waals surface area contributed by atoms with Gasteiger partial charge in [-0.25, -0.2) is 19.0 Å². The highest BCUT2D eigenvalue weighted by atomic mass is 19.2. The minimum atomic E-state index is -2.00. The number of methoxy groups -OCH3 is 1. The Hall–Kier alpha value is -2.95. The van der Waals surface area contributed by atoms with Crippen molar-refractivity contribution < 1.29 is 32.4 Å². The number of nitrogens with one attached hydrogen (secondary N) is 2. The summed E-state index contributed by atoms with van der Waals surface area (Å²) in [6, 6.07) is 0. The van der Waals surface area contributed by atoms with Gasteiger partial charge < -0.3 is 10.2 Å². The van der Waals surface area contributed by atoms with Crippen molar-refractivity contribution in [3.63, 3.8) is 0 Å². The fraction of sp³-hybridized carbons (Fsp3) is 0.286. The van der Waals surface area contributed by atoms with Gasteiger partial charge in [-0.1, -0.05) is 6.92 Å².